The highest BCUT2D eigenvalue weighted by Gasteiger charge is 2.45. The lowest BCUT2D eigenvalue weighted by molar-refractivity contribution is -0.0690. The van der Waals surface area contributed by atoms with Crippen LogP contribution in [0.2, 0.25) is 0 Å². The Bertz CT molecular complexity index is 830. The van der Waals surface area contributed by atoms with Crippen molar-refractivity contribution in [2.75, 3.05) is 13.2 Å². The lowest BCUT2D eigenvalue weighted by Gasteiger charge is -2.37. The van der Waals surface area contributed by atoms with Gasteiger partial charge in [0.25, 0.3) is 5.91 Å². The fourth-order valence-corrected chi connectivity index (χ4v) is 3.92. The summed E-state index contributed by atoms with van der Waals surface area (Å²) in [6.45, 7) is -2.12. The first-order valence-electron chi connectivity index (χ1n) is 7.82. The minimum absolute atomic E-state index is 0.0620. The number of alkyl halides is 2. The zero-order valence-electron chi connectivity index (χ0n) is 13.0. The molecule has 2 aromatic rings. The molecule has 2 aliphatic rings. The zero-order chi connectivity index (χ0) is 17.6. The molecule has 2 atom stereocenters. The van der Waals surface area contributed by atoms with Gasteiger partial charge in [-0.2, -0.15) is 8.78 Å². The highest BCUT2D eigenvalue weighted by Crippen LogP contribution is 2.48. The fourth-order valence-electron chi connectivity index (χ4n) is 3.54. The van der Waals surface area contributed by atoms with Gasteiger partial charge in [0.15, 0.2) is 0 Å². The summed E-state index contributed by atoms with van der Waals surface area (Å²) in [6.07, 6.45) is -0.566. The number of fused-ring (bicyclic) bond motifs is 3. The molecular formula is C18H14BrF2NO3. The van der Waals surface area contributed by atoms with Crippen molar-refractivity contribution in [3.05, 3.63) is 63.6 Å². The lowest BCUT2D eigenvalue weighted by atomic mass is 9.93. The molecule has 4 nitrogen and oxygen atoms in total. The van der Waals surface area contributed by atoms with E-state index in [0.717, 1.165) is 10.0 Å². The Kier molecular flexibility index (Phi) is 4.21. The van der Waals surface area contributed by atoms with Crippen LogP contribution in [0.5, 0.6) is 5.75 Å². The SMILES string of the molecule is O=C1c2ccc(Br)cc2C2[C@H](c3ccccc3OC(F)F)OCCN12. The molecule has 0 bridgehead atoms. The molecule has 1 unspecified atom stereocenters. The highest BCUT2D eigenvalue weighted by atomic mass is 79.9. The van der Waals surface area contributed by atoms with Gasteiger partial charge in [-0.15, -0.1) is 0 Å². The van der Waals surface area contributed by atoms with Crippen molar-refractivity contribution >= 4 is 21.8 Å². The first-order valence-corrected chi connectivity index (χ1v) is 8.61. The molecule has 0 aromatic heterocycles. The van der Waals surface area contributed by atoms with E-state index in [-0.39, 0.29) is 17.7 Å². The van der Waals surface area contributed by atoms with E-state index in [1.165, 1.54) is 6.07 Å². The first-order chi connectivity index (χ1) is 12.1. The summed E-state index contributed by atoms with van der Waals surface area (Å²) in [4.78, 5) is 14.4. The Morgan fingerprint density at radius 3 is 2.80 bits per heavy atom. The van der Waals surface area contributed by atoms with Crippen molar-refractivity contribution in [1.82, 2.24) is 4.90 Å². The van der Waals surface area contributed by atoms with Crippen LogP contribution in [0.25, 0.3) is 0 Å². The average molecular weight is 410 g/mol. The summed E-state index contributed by atoms with van der Waals surface area (Å²) in [7, 11) is 0. The molecule has 130 valence electrons. The Hall–Kier alpha value is -1.99. The molecule has 1 amide bonds. The van der Waals surface area contributed by atoms with Crippen LogP contribution >= 0.6 is 15.9 Å². The van der Waals surface area contributed by atoms with Crippen molar-refractivity contribution in [2.45, 2.75) is 18.8 Å². The van der Waals surface area contributed by atoms with Gasteiger partial charge < -0.3 is 14.4 Å². The summed E-state index contributed by atoms with van der Waals surface area (Å²) >= 11 is 3.43. The summed E-state index contributed by atoms with van der Waals surface area (Å²) in [5.74, 6) is 0.00769. The van der Waals surface area contributed by atoms with E-state index in [4.69, 9.17) is 4.74 Å². The molecule has 0 aliphatic carbocycles. The monoisotopic (exact) mass is 409 g/mol. The topological polar surface area (TPSA) is 38.8 Å². The standard InChI is InChI=1S/C18H14BrF2NO3/c19-10-5-6-11-13(9-10)15-16(24-8-7-22(15)17(11)23)12-3-1-2-4-14(12)25-18(20)21/h1-6,9,15-16,18H,7-8H2/t15?,16-/m0/s1. The number of halogens is 3. The van der Waals surface area contributed by atoms with Gasteiger partial charge in [-0.05, 0) is 29.8 Å². The summed E-state index contributed by atoms with van der Waals surface area (Å²) in [6, 6.07) is 11.7. The highest BCUT2D eigenvalue weighted by molar-refractivity contribution is 9.10. The van der Waals surface area contributed by atoms with Crippen LogP contribution in [-0.4, -0.2) is 30.6 Å². The maximum atomic E-state index is 12.8. The van der Waals surface area contributed by atoms with E-state index >= 15 is 0 Å². The maximum absolute atomic E-state index is 12.8. The maximum Gasteiger partial charge on any atom is 0.387 e. The number of rotatable bonds is 3. The van der Waals surface area contributed by atoms with Crippen LogP contribution in [0.3, 0.4) is 0 Å². The van der Waals surface area contributed by atoms with Crippen molar-refractivity contribution in [3.8, 4) is 5.75 Å². The number of amides is 1. The van der Waals surface area contributed by atoms with E-state index in [2.05, 4.69) is 20.7 Å². The third-order valence-electron chi connectivity index (χ3n) is 4.52. The van der Waals surface area contributed by atoms with Crippen molar-refractivity contribution in [3.63, 3.8) is 0 Å². The molecule has 7 heteroatoms. The quantitative estimate of drug-likeness (QED) is 0.757. The van der Waals surface area contributed by atoms with Gasteiger partial charge in [0.2, 0.25) is 0 Å². The van der Waals surface area contributed by atoms with Gasteiger partial charge in [-0.1, -0.05) is 34.1 Å². The third kappa shape index (κ3) is 2.81. The molecule has 0 radical (unpaired) electrons. The van der Waals surface area contributed by atoms with Gasteiger partial charge >= 0.3 is 6.61 Å². The molecule has 0 N–H and O–H groups in total. The van der Waals surface area contributed by atoms with Crippen LogP contribution in [0.4, 0.5) is 8.78 Å². The summed E-state index contributed by atoms with van der Waals surface area (Å²) in [5, 5.41) is 0. The van der Waals surface area contributed by atoms with E-state index in [9.17, 15) is 13.6 Å². The normalized spacial score (nSPS) is 22.1. The Morgan fingerprint density at radius 1 is 1.20 bits per heavy atom. The second-order valence-electron chi connectivity index (χ2n) is 5.88. The molecular weight excluding hydrogens is 396 g/mol. The number of ether oxygens (including phenoxy) is 2. The molecule has 25 heavy (non-hydrogen) atoms. The van der Waals surface area contributed by atoms with Gasteiger partial charge in [0.05, 0.1) is 12.6 Å². The average Bonchev–Trinajstić information content (AvgIpc) is 2.87. The van der Waals surface area contributed by atoms with Crippen molar-refractivity contribution < 1.29 is 23.0 Å². The Morgan fingerprint density at radius 2 is 2.00 bits per heavy atom. The molecule has 2 heterocycles. The largest absolute Gasteiger partial charge is 0.434 e. The molecule has 4 rings (SSSR count). The second-order valence-corrected chi connectivity index (χ2v) is 6.80. The molecule has 0 saturated carbocycles. The van der Waals surface area contributed by atoms with Gasteiger partial charge in [0.1, 0.15) is 11.9 Å². The van der Waals surface area contributed by atoms with E-state index in [1.54, 1.807) is 29.2 Å². The minimum Gasteiger partial charge on any atom is -0.434 e. The molecule has 2 aliphatic heterocycles. The Labute approximate surface area is 151 Å². The number of nitrogens with zero attached hydrogens (tertiary/aromatic N) is 1. The number of para-hydroxylation sites is 1. The zero-order valence-corrected chi connectivity index (χ0v) is 14.6. The van der Waals surface area contributed by atoms with Crippen LogP contribution in [0.1, 0.15) is 33.6 Å². The van der Waals surface area contributed by atoms with Crippen molar-refractivity contribution in [2.24, 2.45) is 0 Å². The van der Waals surface area contributed by atoms with Crippen LogP contribution in [0, 0.1) is 0 Å². The smallest absolute Gasteiger partial charge is 0.387 e. The second kappa shape index (κ2) is 6.38. The Balaban J connectivity index is 1.80. The summed E-state index contributed by atoms with van der Waals surface area (Å²) < 4.78 is 36.9. The third-order valence-corrected chi connectivity index (χ3v) is 5.01. The van der Waals surface area contributed by atoms with Gasteiger partial charge in [-0.3, -0.25) is 4.79 Å². The predicted molar refractivity (Wildman–Crippen MR) is 89.7 cm³/mol. The molecule has 2 aromatic carbocycles. The van der Waals surface area contributed by atoms with E-state index in [1.807, 2.05) is 12.1 Å². The minimum atomic E-state index is -2.92. The number of carbonyl (C=O) groups is 1. The number of hydrogen-bond donors (Lipinski definition) is 0. The van der Waals surface area contributed by atoms with Gasteiger partial charge in [0, 0.05) is 22.1 Å². The van der Waals surface area contributed by atoms with E-state index in [0.29, 0.717) is 24.3 Å². The van der Waals surface area contributed by atoms with Crippen LogP contribution in [0.15, 0.2) is 46.9 Å². The molecule has 1 fully saturated rings. The fraction of sp³-hybridized carbons (Fsp3) is 0.278. The number of hydrogen-bond acceptors (Lipinski definition) is 3. The molecule has 1 saturated heterocycles. The van der Waals surface area contributed by atoms with Crippen LogP contribution in [-0.2, 0) is 4.74 Å². The summed E-state index contributed by atoms with van der Waals surface area (Å²) in [5.41, 5.74) is 1.96. The first kappa shape index (κ1) is 16.5. The number of morpholine rings is 1. The number of carbonyl (C=O) groups excluding carboxylic acids is 1. The lowest BCUT2D eigenvalue weighted by Crippen LogP contribution is -2.40. The van der Waals surface area contributed by atoms with Gasteiger partial charge in [-0.25, -0.2) is 0 Å². The predicted octanol–water partition coefficient (Wildman–Crippen LogP) is 4.32. The van der Waals surface area contributed by atoms with Crippen molar-refractivity contribution in [1.29, 1.82) is 0 Å². The number of benzene rings is 2. The molecule has 0 spiro atoms. The van der Waals surface area contributed by atoms with Crippen LogP contribution < -0.4 is 4.74 Å². The van der Waals surface area contributed by atoms with E-state index < -0.39 is 12.7 Å².